The van der Waals surface area contributed by atoms with Gasteiger partial charge >= 0.3 is 6.03 Å². The van der Waals surface area contributed by atoms with Gasteiger partial charge in [0.05, 0.1) is 12.7 Å². The third-order valence-corrected chi connectivity index (χ3v) is 3.64. The molecule has 0 radical (unpaired) electrons. The number of urea groups is 1. The van der Waals surface area contributed by atoms with Gasteiger partial charge in [-0.3, -0.25) is 0 Å². The Hall–Kier alpha value is -1.75. The van der Waals surface area contributed by atoms with Crippen LogP contribution in [0.3, 0.4) is 0 Å². The summed E-state index contributed by atoms with van der Waals surface area (Å²) in [5.41, 5.74) is 2.10. The van der Waals surface area contributed by atoms with Crippen molar-refractivity contribution in [1.29, 1.82) is 0 Å². The van der Waals surface area contributed by atoms with Gasteiger partial charge in [-0.15, -0.1) is 0 Å². The lowest BCUT2D eigenvalue weighted by Gasteiger charge is -2.30. The zero-order valence-corrected chi connectivity index (χ0v) is 12.8. The van der Waals surface area contributed by atoms with Crippen LogP contribution in [0.25, 0.3) is 0 Å². The van der Waals surface area contributed by atoms with Crippen LogP contribution in [-0.2, 0) is 6.54 Å². The summed E-state index contributed by atoms with van der Waals surface area (Å²) in [6.45, 7) is 6.11. The molecule has 1 atom stereocenters. The smallest absolute Gasteiger partial charge is 0.317 e. The van der Waals surface area contributed by atoms with Gasteiger partial charge in [-0.2, -0.15) is 0 Å². The molecule has 0 saturated carbocycles. The van der Waals surface area contributed by atoms with Gasteiger partial charge in [0.1, 0.15) is 5.75 Å². The number of β-amino-alcohol motifs (C(OH)–C–C–N with tert-alkyl or cyclic N) is 1. The largest absolute Gasteiger partial charge is 0.494 e. The van der Waals surface area contributed by atoms with Crippen molar-refractivity contribution in [1.82, 2.24) is 10.2 Å². The van der Waals surface area contributed by atoms with Gasteiger partial charge in [0.2, 0.25) is 0 Å². The van der Waals surface area contributed by atoms with Gasteiger partial charge in [0, 0.05) is 25.2 Å². The number of likely N-dealkylation sites (tertiary alicyclic amines) is 1. The molecule has 2 rings (SSSR count). The van der Waals surface area contributed by atoms with Gasteiger partial charge in [-0.25, -0.2) is 4.79 Å². The Balaban J connectivity index is 1.94. The molecule has 21 heavy (non-hydrogen) atoms. The fourth-order valence-corrected chi connectivity index (χ4v) is 2.52. The van der Waals surface area contributed by atoms with Crippen molar-refractivity contribution in [2.45, 2.75) is 39.3 Å². The Morgan fingerprint density at radius 1 is 1.52 bits per heavy atom. The summed E-state index contributed by atoms with van der Waals surface area (Å²) in [5, 5.41) is 12.5. The second-order valence-corrected chi connectivity index (χ2v) is 5.44. The van der Waals surface area contributed by atoms with Gasteiger partial charge in [-0.1, -0.05) is 12.1 Å². The molecule has 5 nitrogen and oxygen atoms in total. The van der Waals surface area contributed by atoms with Gasteiger partial charge < -0.3 is 20.1 Å². The van der Waals surface area contributed by atoms with E-state index in [0.29, 0.717) is 26.2 Å². The predicted octanol–water partition coefficient (Wildman–Crippen LogP) is 2.06. The summed E-state index contributed by atoms with van der Waals surface area (Å²) in [4.78, 5) is 13.8. The van der Waals surface area contributed by atoms with E-state index in [9.17, 15) is 9.90 Å². The Kier molecular flexibility index (Phi) is 5.44. The zero-order chi connectivity index (χ0) is 15.2. The second-order valence-electron chi connectivity index (χ2n) is 5.44. The van der Waals surface area contributed by atoms with E-state index in [1.807, 2.05) is 32.0 Å². The predicted molar refractivity (Wildman–Crippen MR) is 81.4 cm³/mol. The molecule has 1 saturated heterocycles. The number of hydrogen-bond donors (Lipinski definition) is 2. The number of ether oxygens (including phenoxy) is 1. The van der Waals surface area contributed by atoms with Crippen LogP contribution in [0.1, 0.15) is 30.9 Å². The lowest BCUT2D eigenvalue weighted by atomic mass is 10.1. The van der Waals surface area contributed by atoms with Gasteiger partial charge in [-0.05, 0) is 38.3 Å². The maximum Gasteiger partial charge on any atom is 0.317 e. The van der Waals surface area contributed by atoms with Crippen molar-refractivity contribution < 1.29 is 14.6 Å². The van der Waals surface area contributed by atoms with Crippen molar-refractivity contribution >= 4 is 6.03 Å². The fourth-order valence-electron chi connectivity index (χ4n) is 2.52. The minimum atomic E-state index is -0.400. The first kappa shape index (κ1) is 15.6. The highest BCUT2D eigenvalue weighted by Gasteiger charge is 2.21. The highest BCUT2D eigenvalue weighted by Crippen LogP contribution is 2.20. The highest BCUT2D eigenvalue weighted by molar-refractivity contribution is 5.74. The van der Waals surface area contributed by atoms with E-state index in [-0.39, 0.29) is 6.03 Å². The zero-order valence-electron chi connectivity index (χ0n) is 12.8. The molecule has 116 valence electrons. The molecule has 1 heterocycles. The van der Waals surface area contributed by atoms with Crippen LogP contribution in [0.15, 0.2) is 18.2 Å². The van der Waals surface area contributed by atoms with Crippen molar-refractivity contribution in [2.75, 3.05) is 19.7 Å². The van der Waals surface area contributed by atoms with Crippen LogP contribution in [0.2, 0.25) is 0 Å². The van der Waals surface area contributed by atoms with Crippen LogP contribution >= 0.6 is 0 Å². The lowest BCUT2D eigenvalue weighted by Crippen LogP contribution is -2.46. The molecule has 2 amide bonds. The normalized spacial score (nSPS) is 18.4. The number of aliphatic hydroxyl groups excluding tert-OH is 1. The van der Waals surface area contributed by atoms with Crippen LogP contribution in [0.4, 0.5) is 4.79 Å². The van der Waals surface area contributed by atoms with Gasteiger partial charge in [0.15, 0.2) is 0 Å². The summed E-state index contributed by atoms with van der Waals surface area (Å²) >= 11 is 0. The van der Waals surface area contributed by atoms with Crippen molar-refractivity contribution in [3.05, 3.63) is 29.3 Å². The molecule has 1 aliphatic heterocycles. The minimum Gasteiger partial charge on any atom is -0.494 e. The third-order valence-electron chi connectivity index (χ3n) is 3.64. The molecule has 1 aromatic carbocycles. The molecule has 0 bridgehead atoms. The standard InChI is InChI=1S/C16H24N2O3/c1-3-21-15-9-12(2)6-7-13(15)10-17-16(20)18-8-4-5-14(19)11-18/h6-7,9,14,19H,3-5,8,10-11H2,1-2H3,(H,17,20). The summed E-state index contributed by atoms with van der Waals surface area (Å²) in [6, 6.07) is 5.84. The number of hydrogen-bond acceptors (Lipinski definition) is 3. The number of rotatable bonds is 4. The number of amides is 2. The number of nitrogens with one attached hydrogen (secondary N) is 1. The molecular weight excluding hydrogens is 268 g/mol. The topological polar surface area (TPSA) is 61.8 Å². The van der Waals surface area contributed by atoms with Crippen LogP contribution < -0.4 is 10.1 Å². The quantitative estimate of drug-likeness (QED) is 0.893. The SMILES string of the molecule is CCOc1cc(C)ccc1CNC(=O)N1CCCC(O)C1. The first-order valence-corrected chi connectivity index (χ1v) is 7.53. The first-order valence-electron chi connectivity index (χ1n) is 7.53. The lowest BCUT2D eigenvalue weighted by molar-refractivity contribution is 0.0841. The average molecular weight is 292 g/mol. The summed E-state index contributed by atoms with van der Waals surface area (Å²) < 4.78 is 5.61. The Morgan fingerprint density at radius 2 is 2.33 bits per heavy atom. The number of nitrogens with zero attached hydrogens (tertiary/aromatic N) is 1. The second kappa shape index (κ2) is 7.31. The summed E-state index contributed by atoms with van der Waals surface area (Å²) in [6.07, 6.45) is 1.22. The van der Waals surface area contributed by atoms with E-state index in [1.165, 1.54) is 0 Å². The monoisotopic (exact) mass is 292 g/mol. The highest BCUT2D eigenvalue weighted by atomic mass is 16.5. The molecule has 0 aromatic heterocycles. The van der Waals surface area contributed by atoms with E-state index in [2.05, 4.69) is 5.32 Å². The Bertz CT molecular complexity index is 490. The molecular formula is C16H24N2O3. The molecule has 1 fully saturated rings. The van der Waals surface area contributed by atoms with Crippen LogP contribution in [-0.4, -0.2) is 41.8 Å². The number of benzene rings is 1. The molecule has 2 N–H and O–H groups in total. The van der Waals surface area contributed by atoms with Crippen molar-refractivity contribution in [2.24, 2.45) is 0 Å². The Labute approximate surface area is 125 Å². The number of carbonyl (C=O) groups excluding carboxylic acids is 1. The maximum absolute atomic E-state index is 12.1. The average Bonchev–Trinajstić information content (AvgIpc) is 2.46. The molecule has 1 aromatic rings. The number of aliphatic hydroxyl groups is 1. The molecule has 5 heteroatoms. The van der Waals surface area contributed by atoms with Crippen LogP contribution in [0, 0.1) is 6.92 Å². The molecule has 0 aliphatic carbocycles. The van der Waals surface area contributed by atoms with E-state index in [0.717, 1.165) is 29.7 Å². The summed E-state index contributed by atoms with van der Waals surface area (Å²) in [7, 11) is 0. The number of carbonyl (C=O) groups is 1. The van der Waals surface area contributed by atoms with Crippen molar-refractivity contribution in [3.63, 3.8) is 0 Å². The van der Waals surface area contributed by atoms with Gasteiger partial charge in [0.25, 0.3) is 0 Å². The van der Waals surface area contributed by atoms with E-state index in [4.69, 9.17) is 4.74 Å². The summed E-state index contributed by atoms with van der Waals surface area (Å²) in [5.74, 6) is 0.816. The minimum absolute atomic E-state index is 0.128. The fraction of sp³-hybridized carbons (Fsp3) is 0.562. The third kappa shape index (κ3) is 4.36. The Morgan fingerprint density at radius 3 is 3.05 bits per heavy atom. The first-order chi connectivity index (χ1) is 10.1. The number of aryl methyl sites for hydroxylation is 1. The maximum atomic E-state index is 12.1. The van der Waals surface area contributed by atoms with E-state index >= 15 is 0 Å². The molecule has 0 spiro atoms. The van der Waals surface area contributed by atoms with E-state index in [1.54, 1.807) is 4.90 Å². The van der Waals surface area contributed by atoms with Crippen LogP contribution in [0.5, 0.6) is 5.75 Å². The number of piperidine rings is 1. The molecule has 1 unspecified atom stereocenters. The van der Waals surface area contributed by atoms with E-state index < -0.39 is 6.10 Å². The molecule has 1 aliphatic rings. The van der Waals surface area contributed by atoms with Crippen molar-refractivity contribution in [3.8, 4) is 5.75 Å².